The molecule has 4 aromatic heterocycles. The smallest absolute Gasteiger partial charge is 0.239 e. The van der Waals surface area contributed by atoms with E-state index >= 15 is 0 Å². The minimum atomic E-state index is 0.849. The second-order valence-corrected chi connectivity index (χ2v) is 5.73. The SMILES string of the molecule is C[n+]1ccn(-c2cccc(-c3cccc(-n4cc[n+](C)c4)n3)n2)c1. The van der Waals surface area contributed by atoms with Gasteiger partial charge < -0.3 is 0 Å². The van der Waals surface area contributed by atoms with Crippen LogP contribution in [-0.2, 0) is 14.1 Å². The zero-order valence-corrected chi connectivity index (χ0v) is 13.6. The van der Waals surface area contributed by atoms with Crippen LogP contribution in [0.2, 0.25) is 0 Å². The van der Waals surface area contributed by atoms with Gasteiger partial charge >= 0.3 is 0 Å². The van der Waals surface area contributed by atoms with Crippen LogP contribution in [-0.4, -0.2) is 19.1 Å². The molecule has 118 valence electrons. The molecule has 0 fully saturated rings. The van der Waals surface area contributed by atoms with E-state index in [0.717, 1.165) is 23.0 Å². The summed E-state index contributed by atoms with van der Waals surface area (Å²) >= 11 is 0. The fraction of sp³-hybridized carbons (Fsp3) is 0.111. The van der Waals surface area contributed by atoms with Gasteiger partial charge in [-0.2, -0.15) is 9.13 Å². The number of aryl methyl sites for hydroxylation is 2. The van der Waals surface area contributed by atoms with E-state index in [-0.39, 0.29) is 0 Å². The van der Waals surface area contributed by atoms with Crippen LogP contribution in [0, 0.1) is 0 Å². The van der Waals surface area contributed by atoms with Crippen LogP contribution in [0.15, 0.2) is 73.8 Å². The van der Waals surface area contributed by atoms with E-state index in [1.807, 2.05) is 106 Å². The lowest BCUT2D eigenvalue weighted by Gasteiger charge is -2.03. The molecule has 0 spiro atoms. The van der Waals surface area contributed by atoms with Crippen molar-refractivity contribution in [3.63, 3.8) is 0 Å². The highest BCUT2D eigenvalue weighted by Gasteiger charge is 2.11. The lowest BCUT2D eigenvalue weighted by atomic mass is 10.2. The van der Waals surface area contributed by atoms with Crippen LogP contribution in [0.5, 0.6) is 0 Å². The Bertz CT molecular complexity index is 916. The van der Waals surface area contributed by atoms with E-state index in [0.29, 0.717) is 0 Å². The second kappa shape index (κ2) is 5.73. The molecule has 0 radical (unpaired) electrons. The van der Waals surface area contributed by atoms with Crippen LogP contribution in [0.4, 0.5) is 0 Å². The summed E-state index contributed by atoms with van der Waals surface area (Å²) in [6.45, 7) is 0. The summed E-state index contributed by atoms with van der Waals surface area (Å²) in [7, 11) is 3.98. The highest BCUT2D eigenvalue weighted by Crippen LogP contribution is 2.17. The van der Waals surface area contributed by atoms with Crippen LogP contribution >= 0.6 is 0 Å². The Morgan fingerprint density at radius 3 is 1.54 bits per heavy atom. The molecule has 6 heteroatoms. The third kappa shape index (κ3) is 2.69. The van der Waals surface area contributed by atoms with Gasteiger partial charge in [0.05, 0.1) is 25.5 Å². The first kappa shape index (κ1) is 14.3. The van der Waals surface area contributed by atoms with Gasteiger partial charge in [-0.05, 0) is 12.1 Å². The lowest BCUT2D eigenvalue weighted by Crippen LogP contribution is -2.23. The predicted molar refractivity (Wildman–Crippen MR) is 88.5 cm³/mol. The minimum Gasteiger partial charge on any atom is -0.239 e. The standard InChI is InChI=1S/C18H18N6/c1-21-9-11-23(13-21)17-7-3-5-15(19-17)16-6-4-8-18(20-16)24-12-10-22(2)14-24/h3-14H,1-2H3/q+2. The normalized spacial score (nSPS) is 10.9. The molecule has 4 rings (SSSR count). The number of hydrogen-bond acceptors (Lipinski definition) is 2. The highest BCUT2D eigenvalue weighted by molar-refractivity contribution is 5.56. The molecule has 0 atom stereocenters. The molecule has 0 N–H and O–H groups in total. The Labute approximate surface area is 139 Å². The predicted octanol–water partition coefficient (Wildman–Crippen LogP) is 1.37. The summed E-state index contributed by atoms with van der Waals surface area (Å²) in [5.74, 6) is 1.74. The van der Waals surface area contributed by atoms with E-state index in [9.17, 15) is 0 Å². The van der Waals surface area contributed by atoms with E-state index < -0.39 is 0 Å². The molecule has 0 aromatic carbocycles. The number of nitrogens with zero attached hydrogens (tertiary/aromatic N) is 6. The number of imidazole rings is 2. The molecule has 0 saturated heterocycles. The molecule has 24 heavy (non-hydrogen) atoms. The van der Waals surface area contributed by atoms with Gasteiger partial charge in [-0.3, -0.25) is 0 Å². The van der Waals surface area contributed by atoms with Crippen LogP contribution in [0.3, 0.4) is 0 Å². The Morgan fingerprint density at radius 2 is 1.17 bits per heavy atom. The molecule has 0 bridgehead atoms. The quantitative estimate of drug-likeness (QED) is 0.536. The van der Waals surface area contributed by atoms with Gasteiger partial charge in [-0.15, -0.1) is 0 Å². The first-order valence-corrected chi connectivity index (χ1v) is 7.71. The topological polar surface area (TPSA) is 43.4 Å². The molecule has 0 aliphatic heterocycles. The summed E-state index contributed by atoms with van der Waals surface area (Å²) in [5.41, 5.74) is 1.70. The van der Waals surface area contributed by atoms with E-state index in [1.165, 1.54) is 0 Å². The number of aromatic nitrogens is 6. The van der Waals surface area contributed by atoms with Gasteiger partial charge in [0.1, 0.15) is 24.8 Å². The molecule has 0 aliphatic carbocycles. The summed E-state index contributed by atoms with van der Waals surface area (Å²) in [6, 6.07) is 11.9. The maximum atomic E-state index is 4.74. The van der Waals surface area contributed by atoms with Gasteiger partial charge in [-0.1, -0.05) is 12.1 Å². The number of rotatable bonds is 3. The minimum absolute atomic E-state index is 0.849. The van der Waals surface area contributed by atoms with Crippen molar-refractivity contribution in [2.75, 3.05) is 0 Å². The van der Waals surface area contributed by atoms with Crippen molar-refractivity contribution in [3.05, 3.63) is 73.8 Å². The first-order valence-electron chi connectivity index (χ1n) is 7.71. The monoisotopic (exact) mass is 318 g/mol. The Hall–Kier alpha value is -3.28. The van der Waals surface area contributed by atoms with Gasteiger partial charge in [0, 0.05) is 12.1 Å². The summed E-state index contributed by atoms with van der Waals surface area (Å²) in [6.07, 6.45) is 11.9. The molecular formula is C18H18N6+2. The van der Waals surface area contributed by atoms with Gasteiger partial charge in [0.15, 0.2) is 0 Å². The Morgan fingerprint density at radius 1 is 0.708 bits per heavy atom. The average molecular weight is 318 g/mol. The van der Waals surface area contributed by atoms with Gasteiger partial charge in [-0.25, -0.2) is 19.1 Å². The summed E-state index contributed by atoms with van der Waals surface area (Å²) in [5, 5.41) is 0. The third-order valence-corrected chi connectivity index (χ3v) is 3.80. The summed E-state index contributed by atoms with van der Waals surface area (Å²) < 4.78 is 7.94. The number of hydrogen-bond donors (Lipinski definition) is 0. The molecule has 6 nitrogen and oxygen atoms in total. The van der Waals surface area contributed by atoms with E-state index in [4.69, 9.17) is 9.97 Å². The lowest BCUT2D eigenvalue weighted by molar-refractivity contribution is -0.670. The molecule has 0 unspecified atom stereocenters. The maximum Gasteiger partial charge on any atom is 0.250 e. The fourth-order valence-electron chi connectivity index (χ4n) is 2.59. The fourth-order valence-corrected chi connectivity index (χ4v) is 2.59. The third-order valence-electron chi connectivity index (χ3n) is 3.80. The molecule has 0 aliphatic rings. The van der Waals surface area contributed by atoms with Crippen molar-refractivity contribution in [2.24, 2.45) is 14.1 Å². The molecule has 4 heterocycles. The van der Waals surface area contributed by atoms with Crippen molar-refractivity contribution in [2.45, 2.75) is 0 Å². The zero-order valence-electron chi connectivity index (χ0n) is 13.6. The van der Waals surface area contributed by atoms with E-state index in [1.54, 1.807) is 0 Å². The van der Waals surface area contributed by atoms with Crippen molar-refractivity contribution in [3.8, 4) is 23.0 Å². The van der Waals surface area contributed by atoms with Crippen LogP contribution in [0.1, 0.15) is 0 Å². The Balaban J connectivity index is 1.74. The molecule has 4 aromatic rings. The molecule has 0 amide bonds. The average Bonchev–Trinajstić information content (AvgIpc) is 3.24. The second-order valence-electron chi connectivity index (χ2n) is 5.73. The maximum absolute atomic E-state index is 4.74. The first-order chi connectivity index (χ1) is 11.7. The molecule has 0 saturated carbocycles. The van der Waals surface area contributed by atoms with Gasteiger partial charge in [0.2, 0.25) is 24.3 Å². The molecular weight excluding hydrogens is 300 g/mol. The highest BCUT2D eigenvalue weighted by atomic mass is 15.2. The largest absolute Gasteiger partial charge is 0.250 e. The van der Waals surface area contributed by atoms with Crippen molar-refractivity contribution in [1.82, 2.24) is 19.1 Å². The van der Waals surface area contributed by atoms with Crippen molar-refractivity contribution in [1.29, 1.82) is 0 Å². The summed E-state index contributed by atoms with van der Waals surface area (Å²) in [4.78, 5) is 9.48. The van der Waals surface area contributed by atoms with Crippen LogP contribution in [0.25, 0.3) is 23.0 Å². The van der Waals surface area contributed by atoms with Crippen molar-refractivity contribution >= 4 is 0 Å². The van der Waals surface area contributed by atoms with Gasteiger partial charge in [0.25, 0.3) is 0 Å². The van der Waals surface area contributed by atoms with E-state index in [2.05, 4.69) is 0 Å². The van der Waals surface area contributed by atoms with Crippen LogP contribution < -0.4 is 9.13 Å². The zero-order chi connectivity index (χ0) is 16.5. The Kier molecular flexibility index (Phi) is 3.42. The van der Waals surface area contributed by atoms with Crippen molar-refractivity contribution < 1.29 is 9.13 Å². The number of pyridine rings is 2.